The summed E-state index contributed by atoms with van der Waals surface area (Å²) in [6, 6.07) is 0. The summed E-state index contributed by atoms with van der Waals surface area (Å²) in [6.45, 7) is 10.5. The zero-order valence-electron chi connectivity index (χ0n) is 20.7. The van der Waals surface area contributed by atoms with Crippen molar-refractivity contribution in [1.82, 2.24) is 4.90 Å². The summed E-state index contributed by atoms with van der Waals surface area (Å²) < 4.78 is 36.4. The van der Waals surface area contributed by atoms with E-state index >= 15 is 0 Å². The third-order valence-electron chi connectivity index (χ3n) is 5.77. The van der Waals surface area contributed by atoms with Crippen LogP contribution in [0.3, 0.4) is 0 Å². The summed E-state index contributed by atoms with van der Waals surface area (Å²) in [4.78, 5) is 2.61. The van der Waals surface area contributed by atoms with Gasteiger partial charge in [0, 0.05) is 13.1 Å². The summed E-state index contributed by atoms with van der Waals surface area (Å²) in [5.74, 6) is 0. The SMILES string of the molecule is CCCCCCCCCCCCCCCCN1CCOC(CC)C1.CCOS(=O)(=O)O. The average molecular weight is 466 g/mol. The molecule has 1 fully saturated rings. The van der Waals surface area contributed by atoms with Crippen LogP contribution in [0.5, 0.6) is 0 Å². The van der Waals surface area contributed by atoms with Gasteiger partial charge in [0.15, 0.2) is 0 Å². The van der Waals surface area contributed by atoms with Crippen molar-refractivity contribution < 1.29 is 21.9 Å². The van der Waals surface area contributed by atoms with Gasteiger partial charge in [-0.25, -0.2) is 4.18 Å². The number of rotatable bonds is 18. The van der Waals surface area contributed by atoms with Crippen LogP contribution in [0.1, 0.15) is 117 Å². The van der Waals surface area contributed by atoms with E-state index in [-0.39, 0.29) is 6.61 Å². The predicted molar refractivity (Wildman–Crippen MR) is 130 cm³/mol. The number of morpholine rings is 1. The van der Waals surface area contributed by atoms with Gasteiger partial charge in [0.2, 0.25) is 0 Å². The second-order valence-electron chi connectivity index (χ2n) is 8.63. The molecule has 0 saturated carbocycles. The Hall–Kier alpha value is -0.210. The molecule has 188 valence electrons. The van der Waals surface area contributed by atoms with Gasteiger partial charge in [-0.15, -0.1) is 0 Å². The van der Waals surface area contributed by atoms with E-state index < -0.39 is 10.4 Å². The second kappa shape index (κ2) is 21.6. The molecule has 0 amide bonds. The zero-order chi connectivity index (χ0) is 23.2. The molecule has 0 bridgehead atoms. The first-order chi connectivity index (χ1) is 14.9. The highest BCUT2D eigenvalue weighted by molar-refractivity contribution is 7.80. The van der Waals surface area contributed by atoms with Gasteiger partial charge in [-0.1, -0.05) is 97.3 Å². The highest BCUT2D eigenvalue weighted by atomic mass is 32.3. The molecule has 1 N–H and O–H groups in total. The van der Waals surface area contributed by atoms with E-state index in [1.165, 1.54) is 103 Å². The van der Waals surface area contributed by atoms with Crippen LogP contribution in [-0.4, -0.2) is 56.8 Å². The standard InChI is InChI=1S/C22H45NO.C2H6O4S/c1-3-5-6-7-8-9-10-11-12-13-14-15-16-17-18-23-19-20-24-22(4-2)21-23;1-2-6-7(3,4)5/h22H,3-21H2,1-2H3;2H2,1H3,(H,3,4,5). The Morgan fingerprint density at radius 1 is 0.839 bits per heavy atom. The summed E-state index contributed by atoms with van der Waals surface area (Å²) in [7, 11) is -4.17. The van der Waals surface area contributed by atoms with Crippen molar-refractivity contribution in [2.75, 3.05) is 32.8 Å². The Labute approximate surface area is 193 Å². The lowest BCUT2D eigenvalue weighted by Crippen LogP contribution is -2.42. The molecule has 1 rings (SSSR count). The number of unbranched alkanes of at least 4 members (excludes halogenated alkanes) is 13. The van der Waals surface area contributed by atoms with Gasteiger partial charge in [-0.05, 0) is 26.3 Å². The molecule has 1 heterocycles. The molecule has 0 radical (unpaired) electrons. The molecule has 0 aromatic rings. The summed E-state index contributed by atoms with van der Waals surface area (Å²) in [5, 5.41) is 0. The van der Waals surface area contributed by atoms with Gasteiger partial charge < -0.3 is 4.74 Å². The lowest BCUT2D eigenvalue weighted by molar-refractivity contribution is -0.0299. The van der Waals surface area contributed by atoms with Gasteiger partial charge in [-0.2, -0.15) is 8.42 Å². The first-order valence-electron chi connectivity index (χ1n) is 12.9. The van der Waals surface area contributed by atoms with E-state index in [0.717, 1.165) is 26.1 Å². The minimum Gasteiger partial charge on any atom is -0.376 e. The van der Waals surface area contributed by atoms with Crippen molar-refractivity contribution in [3.63, 3.8) is 0 Å². The van der Waals surface area contributed by atoms with E-state index in [9.17, 15) is 8.42 Å². The molecular weight excluding hydrogens is 414 g/mol. The Morgan fingerprint density at radius 3 is 1.71 bits per heavy atom. The largest absolute Gasteiger partial charge is 0.397 e. The molecule has 1 aliphatic heterocycles. The smallest absolute Gasteiger partial charge is 0.376 e. The molecular formula is C24H51NO5S. The molecule has 1 saturated heterocycles. The Kier molecular flexibility index (Phi) is 21.5. The maximum atomic E-state index is 9.56. The van der Waals surface area contributed by atoms with Crippen LogP contribution >= 0.6 is 0 Å². The first kappa shape index (κ1) is 30.8. The third-order valence-corrected chi connectivity index (χ3v) is 6.31. The molecule has 1 unspecified atom stereocenters. The van der Waals surface area contributed by atoms with Crippen LogP contribution in [0.4, 0.5) is 0 Å². The number of hydrogen-bond acceptors (Lipinski definition) is 5. The molecule has 6 nitrogen and oxygen atoms in total. The van der Waals surface area contributed by atoms with E-state index in [1.807, 2.05) is 0 Å². The Balaban J connectivity index is 0.00000110. The van der Waals surface area contributed by atoms with Gasteiger partial charge >= 0.3 is 10.4 Å². The molecule has 0 aromatic carbocycles. The van der Waals surface area contributed by atoms with Crippen molar-refractivity contribution in [3.8, 4) is 0 Å². The van der Waals surface area contributed by atoms with Crippen LogP contribution in [0.2, 0.25) is 0 Å². The highest BCUT2D eigenvalue weighted by Gasteiger charge is 2.17. The van der Waals surface area contributed by atoms with Crippen molar-refractivity contribution >= 4 is 10.4 Å². The fourth-order valence-corrected chi connectivity index (χ4v) is 4.21. The van der Waals surface area contributed by atoms with Gasteiger partial charge in [-0.3, -0.25) is 9.45 Å². The lowest BCUT2D eigenvalue weighted by atomic mass is 10.0. The summed E-state index contributed by atoms with van der Waals surface area (Å²) >= 11 is 0. The summed E-state index contributed by atoms with van der Waals surface area (Å²) in [5.41, 5.74) is 0. The maximum Gasteiger partial charge on any atom is 0.397 e. The third kappa shape index (κ3) is 22.8. The van der Waals surface area contributed by atoms with Crippen LogP contribution in [0, 0.1) is 0 Å². The minimum absolute atomic E-state index is 0.0289. The molecule has 7 heteroatoms. The van der Waals surface area contributed by atoms with Crippen LogP contribution in [0.15, 0.2) is 0 Å². The number of hydrogen-bond donors (Lipinski definition) is 1. The molecule has 0 aromatic heterocycles. The first-order valence-corrected chi connectivity index (χ1v) is 14.2. The minimum atomic E-state index is -4.17. The number of ether oxygens (including phenoxy) is 1. The Morgan fingerprint density at radius 2 is 1.32 bits per heavy atom. The normalized spacial score (nSPS) is 17.4. The van der Waals surface area contributed by atoms with Crippen molar-refractivity contribution in [3.05, 3.63) is 0 Å². The maximum absolute atomic E-state index is 9.56. The molecule has 31 heavy (non-hydrogen) atoms. The van der Waals surface area contributed by atoms with Crippen molar-refractivity contribution in [2.24, 2.45) is 0 Å². The van der Waals surface area contributed by atoms with Crippen molar-refractivity contribution in [2.45, 2.75) is 123 Å². The molecule has 1 aliphatic rings. The van der Waals surface area contributed by atoms with Gasteiger partial charge in [0.25, 0.3) is 0 Å². The highest BCUT2D eigenvalue weighted by Crippen LogP contribution is 2.14. The van der Waals surface area contributed by atoms with E-state index in [0.29, 0.717) is 6.10 Å². The predicted octanol–water partition coefficient (Wildman–Crippen LogP) is 6.40. The van der Waals surface area contributed by atoms with E-state index in [2.05, 4.69) is 22.9 Å². The quantitative estimate of drug-likeness (QED) is 0.186. The second-order valence-corrected chi connectivity index (χ2v) is 9.72. The fraction of sp³-hybridized carbons (Fsp3) is 1.00. The van der Waals surface area contributed by atoms with Crippen LogP contribution in [-0.2, 0) is 19.3 Å². The number of nitrogens with zero attached hydrogens (tertiary/aromatic N) is 1. The van der Waals surface area contributed by atoms with Crippen LogP contribution < -0.4 is 0 Å². The lowest BCUT2D eigenvalue weighted by Gasteiger charge is -2.32. The van der Waals surface area contributed by atoms with E-state index in [4.69, 9.17) is 9.29 Å². The summed E-state index contributed by atoms with van der Waals surface area (Å²) in [6.07, 6.45) is 21.9. The molecule has 0 spiro atoms. The fourth-order valence-electron chi connectivity index (χ4n) is 3.91. The van der Waals surface area contributed by atoms with Crippen molar-refractivity contribution in [1.29, 1.82) is 0 Å². The molecule has 1 atom stereocenters. The van der Waals surface area contributed by atoms with Gasteiger partial charge in [0.05, 0.1) is 19.3 Å². The Bertz CT molecular complexity index is 473. The van der Waals surface area contributed by atoms with E-state index in [1.54, 1.807) is 0 Å². The van der Waals surface area contributed by atoms with Crippen LogP contribution in [0.25, 0.3) is 0 Å². The monoisotopic (exact) mass is 465 g/mol. The van der Waals surface area contributed by atoms with Gasteiger partial charge in [0.1, 0.15) is 0 Å². The average Bonchev–Trinajstić information content (AvgIpc) is 2.74. The topological polar surface area (TPSA) is 76.1 Å². The molecule has 0 aliphatic carbocycles. The zero-order valence-corrected chi connectivity index (χ0v) is 21.5.